The summed E-state index contributed by atoms with van der Waals surface area (Å²) >= 11 is 0. The van der Waals surface area contributed by atoms with Crippen LogP contribution in [-0.4, -0.2) is 9.97 Å². The highest BCUT2D eigenvalue weighted by Crippen LogP contribution is 2.26. The first-order valence-corrected chi connectivity index (χ1v) is 7.63. The molecule has 2 aromatic rings. The van der Waals surface area contributed by atoms with Gasteiger partial charge in [-0.3, -0.25) is 0 Å². The molecule has 0 fully saturated rings. The largest absolute Gasteiger partial charge is 0.236 e. The predicted molar refractivity (Wildman–Crippen MR) is 83.5 cm³/mol. The maximum Gasteiger partial charge on any atom is 0.159 e. The van der Waals surface area contributed by atoms with E-state index in [-0.39, 0.29) is 0 Å². The molecule has 2 rings (SSSR count). The highest BCUT2D eigenvalue weighted by molar-refractivity contribution is 5.53. The zero-order chi connectivity index (χ0) is 14.2. The molecule has 2 nitrogen and oxygen atoms in total. The van der Waals surface area contributed by atoms with Crippen molar-refractivity contribution in [2.45, 2.75) is 51.9 Å². The van der Waals surface area contributed by atoms with E-state index in [0.717, 1.165) is 11.4 Å². The van der Waals surface area contributed by atoms with Crippen LogP contribution in [-0.2, 0) is 0 Å². The standard InChI is InChI=1S/C18H23N2/c1-3-5-10-15(9-4-2)17-13-19-18(20-14-17)16-11-7-6-8-12-16/h7-8,11-15H,3-5,9-10H2,1-2H3. The minimum atomic E-state index is 0.609. The lowest BCUT2D eigenvalue weighted by atomic mass is 9.91. The molecule has 0 aliphatic rings. The summed E-state index contributed by atoms with van der Waals surface area (Å²) in [6.45, 7) is 4.49. The minimum Gasteiger partial charge on any atom is -0.236 e. The van der Waals surface area contributed by atoms with E-state index in [1.807, 2.05) is 36.7 Å². The molecule has 0 spiro atoms. The van der Waals surface area contributed by atoms with Gasteiger partial charge in [0.15, 0.2) is 5.82 Å². The normalized spacial score (nSPS) is 12.3. The molecular formula is C18H23N2. The average Bonchev–Trinajstić information content (AvgIpc) is 2.52. The molecular weight excluding hydrogens is 244 g/mol. The first kappa shape index (κ1) is 14.7. The van der Waals surface area contributed by atoms with Crippen molar-refractivity contribution < 1.29 is 0 Å². The maximum atomic E-state index is 4.54. The number of aromatic nitrogens is 2. The summed E-state index contributed by atoms with van der Waals surface area (Å²) in [4.78, 5) is 9.07. The molecule has 0 bridgehead atoms. The fourth-order valence-corrected chi connectivity index (χ4v) is 2.51. The first-order valence-electron chi connectivity index (χ1n) is 7.63. The molecule has 0 saturated heterocycles. The van der Waals surface area contributed by atoms with Gasteiger partial charge in [-0.05, 0) is 30.4 Å². The van der Waals surface area contributed by atoms with Crippen molar-refractivity contribution >= 4 is 0 Å². The molecule has 0 N–H and O–H groups in total. The van der Waals surface area contributed by atoms with Gasteiger partial charge in [-0.25, -0.2) is 9.97 Å². The molecule has 105 valence electrons. The number of nitrogens with zero attached hydrogens (tertiary/aromatic N) is 2. The Morgan fingerprint density at radius 2 is 1.70 bits per heavy atom. The van der Waals surface area contributed by atoms with E-state index in [1.54, 1.807) is 0 Å². The van der Waals surface area contributed by atoms with Crippen LogP contribution in [0.1, 0.15) is 57.4 Å². The second-order valence-corrected chi connectivity index (χ2v) is 5.26. The lowest BCUT2D eigenvalue weighted by Crippen LogP contribution is -2.01. The summed E-state index contributed by atoms with van der Waals surface area (Å²) < 4.78 is 0. The van der Waals surface area contributed by atoms with Gasteiger partial charge in [-0.15, -0.1) is 0 Å². The Morgan fingerprint density at radius 3 is 2.30 bits per heavy atom. The van der Waals surface area contributed by atoms with Gasteiger partial charge in [0.05, 0.1) is 0 Å². The summed E-state index contributed by atoms with van der Waals surface area (Å²) in [5, 5.41) is 0. The quantitative estimate of drug-likeness (QED) is 0.704. The Labute approximate surface area is 122 Å². The summed E-state index contributed by atoms with van der Waals surface area (Å²) in [6, 6.07) is 10.8. The molecule has 0 amide bonds. The van der Waals surface area contributed by atoms with Gasteiger partial charge in [0, 0.05) is 18.0 Å². The van der Waals surface area contributed by atoms with Gasteiger partial charge in [0.1, 0.15) is 0 Å². The summed E-state index contributed by atoms with van der Waals surface area (Å²) in [7, 11) is 0. The molecule has 1 atom stereocenters. The molecule has 0 aliphatic heterocycles. The zero-order valence-corrected chi connectivity index (χ0v) is 12.5. The van der Waals surface area contributed by atoms with Crippen LogP contribution in [0, 0.1) is 6.07 Å². The smallest absolute Gasteiger partial charge is 0.159 e. The topological polar surface area (TPSA) is 25.8 Å². The third kappa shape index (κ3) is 3.89. The fraction of sp³-hybridized carbons (Fsp3) is 0.444. The number of hydrogen-bond donors (Lipinski definition) is 0. The van der Waals surface area contributed by atoms with Crippen molar-refractivity contribution in [3.63, 3.8) is 0 Å². The Hall–Kier alpha value is -1.70. The average molecular weight is 267 g/mol. The van der Waals surface area contributed by atoms with Crippen molar-refractivity contribution in [2.75, 3.05) is 0 Å². The van der Waals surface area contributed by atoms with Crippen molar-refractivity contribution in [1.82, 2.24) is 9.97 Å². The van der Waals surface area contributed by atoms with E-state index in [1.165, 1.54) is 37.7 Å². The van der Waals surface area contributed by atoms with E-state index >= 15 is 0 Å². The molecule has 20 heavy (non-hydrogen) atoms. The summed E-state index contributed by atoms with van der Waals surface area (Å²) in [5.74, 6) is 1.41. The number of benzene rings is 1. The zero-order valence-electron chi connectivity index (χ0n) is 12.5. The second kappa shape index (κ2) is 7.78. The van der Waals surface area contributed by atoms with E-state index in [4.69, 9.17) is 0 Å². The molecule has 1 aromatic carbocycles. The van der Waals surface area contributed by atoms with Crippen molar-refractivity contribution in [3.8, 4) is 11.4 Å². The fourth-order valence-electron chi connectivity index (χ4n) is 2.51. The SMILES string of the molecule is CCCCC(CCC)c1cnc(-c2cc[c]cc2)nc1. The van der Waals surface area contributed by atoms with Crippen molar-refractivity contribution in [2.24, 2.45) is 0 Å². The number of unbranched alkanes of at least 4 members (excludes halogenated alkanes) is 1. The molecule has 0 saturated carbocycles. The molecule has 1 radical (unpaired) electrons. The van der Waals surface area contributed by atoms with E-state index in [9.17, 15) is 0 Å². The Morgan fingerprint density at radius 1 is 1.00 bits per heavy atom. The van der Waals surface area contributed by atoms with Crippen LogP contribution < -0.4 is 0 Å². The van der Waals surface area contributed by atoms with Crippen LogP contribution in [0.5, 0.6) is 0 Å². The third-order valence-corrected chi connectivity index (χ3v) is 3.66. The highest BCUT2D eigenvalue weighted by atomic mass is 14.9. The van der Waals surface area contributed by atoms with Crippen LogP contribution in [0.15, 0.2) is 36.7 Å². The number of rotatable bonds is 7. The number of hydrogen-bond acceptors (Lipinski definition) is 2. The molecule has 1 heterocycles. The second-order valence-electron chi connectivity index (χ2n) is 5.26. The van der Waals surface area contributed by atoms with Crippen molar-refractivity contribution in [1.29, 1.82) is 0 Å². The van der Waals surface area contributed by atoms with Crippen LogP contribution in [0.25, 0.3) is 11.4 Å². The van der Waals surface area contributed by atoms with E-state index < -0.39 is 0 Å². The molecule has 2 heteroatoms. The van der Waals surface area contributed by atoms with Crippen molar-refractivity contribution in [3.05, 3.63) is 48.3 Å². The van der Waals surface area contributed by atoms with Crippen LogP contribution in [0.2, 0.25) is 0 Å². The van der Waals surface area contributed by atoms with Crippen LogP contribution in [0.4, 0.5) is 0 Å². The molecule has 0 aliphatic carbocycles. The van der Waals surface area contributed by atoms with Gasteiger partial charge in [-0.2, -0.15) is 0 Å². The minimum absolute atomic E-state index is 0.609. The lowest BCUT2D eigenvalue weighted by Gasteiger charge is -2.15. The molecule has 1 aromatic heterocycles. The summed E-state index contributed by atoms with van der Waals surface area (Å²) in [6.07, 6.45) is 10.2. The Kier molecular flexibility index (Phi) is 5.72. The lowest BCUT2D eigenvalue weighted by molar-refractivity contribution is 0.538. The van der Waals surface area contributed by atoms with Crippen LogP contribution in [0.3, 0.4) is 0 Å². The summed E-state index contributed by atoms with van der Waals surface area (Å²) in [5.41, 5.74) is 2.34. The van der Waals surface area contributed by atoms with Gasteiger partial charge in [0.25, 0.3) is 0 Å². The van der Waals surface area contributed by atoms with Crippen LogP contribution >= 0.6 is 0 Å². The van der Waals surface area contributed by atoms with Gasteiger partial charge in [-0.1, -0.05) is 57.4 Å². The predicted octanol–water partition coefficient (Wildman–Crippen LogP) is 5.02. The third-order valence-electron chi connectivity index (χ3n) is 3.66. The highest BCUT2D eigenvalue weighted by Gasteiger charge is 2.11. The Balaban J connectivity index is 2.13. The maximum absolute atomic E-state index is 4.54. The Bertz CT molecular complexity index is 491. The van der Waals surface area contributed by atoms with Gasteiger partial charge in [0.2, 0.25) is 0 Å². The molecule has 1 unspecified atom stereocenters. The van der Waals surface area contributed by atoms with E-state index in [2.05, 4.69) is 29.9 Å². The first-order chi connectivity index (χ1) is 9.85. The monoisotopic (exact) mass is 267 g/mol. The van der Waals surface area contributed by atoms with E-state index in [0.29, 0.717) is 5.92 Å². The van der Waals surface area contributed by atoms with Gasteiger partial charge < -0.3 is 0 Å². The van der Waals surface area contributed by atoms with Gasteiger partial charge >= 0.3 is 0 Å².